The van der Waals surface area contributed by atoms with Crippen molar-refractivity contribution in [1.29, 1.82) is 0 Å². The van der Waals surface area contributed by atoms with Gasteiger partial charge in [-0.25, -0.2) is 0 Å². The van der Waals surface area contributed by atoms with Crippen LogP contribution in [0.3, 0.4) is 0 Å². The topological polar surface area (TPSA) is 58.2 Å². The zero-order chi connectivity index (χ0) is 18.4. The second kappa shape index (κ2) is 9.06. The molecule has 2 amide bonds. The van der Waals surface area contributed by atoms with E-state index in [2.05, 4.69) is 26.6 Å². The number of amides is 2. The minimum absolute atomic E-state index is 0.112. The van der Waals surface area contributed by atoms with Crippen LogP contribution in [0, 0.1) is 13.8 Å². The minimum Gasteiger partial charge on any atom is -0.325 e. The molecule has 6 heteroatoms. The van der Waals surface area contributed by atoms with Crippen molar-refractivity contribution in [1.82, 2.24) is 0 Å². The third-order valence-corrected chi connectivity index (χ3v) is 5.25. The smallest absolute Gasteiger partial charge is 0.237 e. The van der Waals surface area contributed by atoms with E-state index in [1.54, 1.807) is 6.92 Å². The highest BCUT2D eigenvalue weighted by Gasteiger charge is 2.16. The molecule has 0 aliphatic rings. The van der Waals surface area contributed by atoms with Crippen LogP contribution in [0.5, 0.6) is 0 Å². The van der Waals surface area contributed by atoms with E-state index in [1.807, 2.05) is 56.3 Å². The summed E-state index contributed by atoms with van der Waals surface area (Å²) in [5.74, 6) is -0.00575. The van der Waals surface area contributed by atoms with Crippen molar-refractivity contribution in [3.63, 3.8) is 0 Å². The van der Waals surface area contributed by atoms with Gasteiger partial charge in [0.25, 0.3) is 0 Å². The van der Waals surface area contributed by atoms with E-state index in [0.717, 1.165) is 27.0 Å². The number of anilines is 2. The van der Waals surface area contributed by atoms with Crippen molar-refractivity contribution in [2.75, 3.05) is 16.4 Å². The van der Waals surface area contributed by atoms with E-state index in [-0.39, 0.29) is 22.8 Å². The summed E-state index contributed by atoms with van der Waals surface area (Å²) in [6.45, 7) is 5.73. The van der Waals surface area contributed by atoms with E-state index in [9.17, 15) is 9.59 Å². The van der Waals surface area contributed by atoms with Crippen LogP contribution in [0.15, 0.2) is 46.9 Å². The minimum atomic E-state index is -0.327. The average molecular weight is 421 g/mol. The fourth-order valence-corrected chi connectivity index (χ4v) is 3.27. The Morgan fingerprint density at radius 1 is 1.08 bits per heavy atom. The fraction of sp³-hybridized carbons (Fsp3) is 0.263. The number of thioether (sulfide) groups is 1. The zero-order valence-electron chi connectivity index (χ0n) is 14.4. The lowest BCUT2D eigenvalue weighted by Crippen LogP contribution is -2.25. The lowest BCUT2D eigenvalue weighted by atomic mass is 10.2. The highest BCUT2D eigenvalue weighted by Crippen LogP contribution is 2.21. The number of nitrogens with one attached hydrogen (secondary N) is 2. The Morgan fingerprint density at radius 3 is 2.40 bits per heavy atom. The van der Waals surface area contributed by atoms with Gasteiger partial charge in [-0.05, 0) is 56.7 Å². The standard InChI is InChI=1S/C19H21BrN2O2S/c1-12-4-7-16(8-5-12)21-18(23)11-25-14(3)19(24)22-17-9-6-15(20)10-13(17)2/h4-10,14H,11H2,1-3H3,(H,21,23)(H,22,24). The maximum absolute atomic E-state index is 12.3. The Hall–Kier alpha value is -1.79. The van der Waals surface area contributed by atoms with Gasteiger partial charge in [-0.3, -0.25) is 9.59 Å². The fourth-order valence-electron chi connectivity index (χ4n) is 2.11. The summed E-state index contributed by atoms with van der Waals surface area (Å²) in [6.07, 6.45) is 0. The molecule has 2 aromatic carbocycles. The first kappa shape index (κ1) is 19.5. The molecule has 0 heterocycles. The molecular formula is C19H21BrN2O2S. The van der Waals surface area contributed by atoms with Crippen molar-refractivity contribution < 1.29 is 9.59 Å². The number of carbonyl (C=O) groups excluding carboxylic acids is 2. The molecule has 0 spiro atoms. The van der Waals surface area contributed by atoms with Crippen LogP contribution < -0.4 is 10.6 Å². The summed E-state index contributed by atoms with van der Waals surface area (Å²) in [5.41, 5.74) is 3.67. The van der Waals surface area contributed by atoms with Gasteiger partial charge in [-0.15, -0.1) is 11.8 Å². The van der Waals surface area contributed by atoms with E-state index < -0.39 is 0 Å². The first-order valence-corrected chi connectivity index (χ1v) is 9.74. The molecule has 0 fully saturated rings. The number of halogens is 1. The van der Waals surface area contributed by atoms with Crippen LogP contribution in [-0.2, 0) is 9.59 Å². The van der Waals surface area contributed by atoms with E-state index in [0.29, 0.717) is 0 Å². The summed E-state index contributed by atoms with van der Waals surface area (Å²) in [5, 5.41) is 5.41. The number of benzene rings is 2. The summed E-state index contributed by atoms with van der Waals surface area (Å²) < 4.78 is 0.971. The third kappa shape index (κ3) is 6.21. The molecule has 132 valence electrons. The first-order valence-electron chi connectivity index (χ1n) is 7.90. The Labute approximate surface area is 160 Å². The van der Waals surface area contributed by atoms with Gasteiger partial charge in [0.15, 0.2) is 0 Å². The van der Waals surface area contributed by atoms with Gasteiger partial charge in [0.05, 0.1) is 11.0 Å². The monoisotopic (exact) mass is 420 g/mol. The Balaban J connectivity index is 1.82. The molecule has 0 saturated carbocycles. The first-order chi connectivity index (χ1) is 11.8. The summed E-state index contributed by atoms with van der Waals surface area (Å²) in [4.78, 5) is 24.3. The van der Waals surface area contributed by atoms with Gasteiger partial charge in [0.1, 0.15) is 0 Å². The zero-order valence-corrected chi connectivity index (χ0v) is 16.8. The molecule has 0 saturated heterocycles. The number of aryl methyl sites for hydroxylation is 2. The van der Waals surface area contributed by atoms with Crippen molar-refractivity contribution in [2.24, 2.45) is 0 Å². The number of rotatable bonds is 6. The lowest BCUT2D eigenvalue weighted by molar-refractivity contribution is -0.115. The molecule has 0 aromatic heterocycles. The molecule has 0 radical (unpaired) electrons. The lowest BCUT2D eigenvalue weighted by Gasteiger charge is -2.14. The van der Waals surface area contributed by atoms with Crippen molar-refractivity contribution in [2.45, 2.75) is 26.0 Å². The number of hydrogen-bond acceptors (Lipinski definition) is 3. The molecule has 1 unspecified atom stereocenters. The summed E-state index contributed by atoms with van der Waals surface area (Å²) >= 11 is 4.71. The molecule has 2 rings (SSSR count). The highest BCUT2D eigenvalue weighted by molar-refractivity contribution is 9.10. The van der Waals surface area contributed by atoms with Crippen LogP contribution >= 0.6 is 27.7 Å². The van der Waals surface area contributed by atoms with Crippen molar-refractivity contribution >= 4 is 50.9 Å². The molecule has 0 bridgehead atoms. The van der Waals surface area contributed by atoms with Gasteiger partial charge in [0.2, 0.25) is 11.8 Å². The summed E-state index contributed by atoms with van der Waals surface area (Å²) in [6, 6.07) is 13.3. The van der Waals surface area contributed by atoms with Crippen LogP contribution in [0.25, 0.3) is 0 Å². The molecule has 2 N–H and O–H groups in total. The van der Waals surface area contributed by atoms with Gasteiger partial charge in [-0.1, -0.05) is 33.6 Å². The van der Waals surface area contributed by atoms with Gasteiger partial charge >= 0.3 is 0 Å². The van der Waals surface area contributed by atoms with Crippen LogP contribution in [0.4, 0.5) is 11.4 Å². The Kier molecular flexibility index (Phi) is 7.08. The number of hydrogen-bond donors (Lipinski definition) is 2. The molecule has 0 aliphatic heterocycles. The third-order valence-electron chi connectivity index (χ3n) is 3.62. The second-order valence-electron chi connectivity index (χ2n) is 5.82. The molecule has 0 aliphatic carbocycles. The predicted molar refractivity (Wildman–Crippen MR) is 109 cm³/mol. The van der Waals surface area contributed by atoms with E-state index >= 15 is 0 Å². The van der Waals surface area contributed by atoms with Gasteiger partial charge in [0, 0.05) is 15.8 Å². The van der Waals surface area contributed by atoms with Crippen LogP contribution in [0.2, 0.25) is 0 Å². The van der Waals surface area contributed by atoms with Gasteiger partial charge in [-0.2, -0.15) is 0 Å². The van der Waals surface area contributed by atoms with E-state index in [1.165, 1.54) is 11.8 Å². The molecule has 4 nitrogen and oxygen atoms in total. The van der Waals surface area contributed by atoms with Crippen LogP contribution in [0.1, 0.15) is 18.1 Å². The molecular weight excluding hydrogens is 400 g/mol. The van der Waals surface area contributed by atoms with Gasteiger partial charge < -0.3 is 10.6 Å². The highest BCUT2D eigenvalue weighted by atomic mass is 79.9. The van der Waals surface area contributed by atoms with E-state index in [4.69, 9.17) is 0 Å². The maximum Gasteiger partial charge on any atom is 0.237 e. The number of carbonyl (C=O) groups is 2. The Morgan fingerprint density at radius 2 is 1.76 bits per heavy atom. The molecule has 1 atom stereocenters. The largest absolute Gasteiger partial charge is 0.325 e. The molecule has 25 heavy (non-hydrogen) atoms. The predicted octanol–water partition coefficient (Wildman–Crippen LogP) is 4.76. The summed E-state index contributed by atoms with van der Waals surface area (Å²) in [7, 11) is 0. The normalized spacial score (nSPS) is 11.7. The van der Waals surface area contributed by atoms with Crippen molar-refractivity contribution in [3.8, 4) is 0 Å². The van der Waals surface area contributed by atoms with Crippen LogP contribution in [-0.4, -0.2) is 22.8 Å². The Bertz CT molecular complexity index is 763. The van der Waals surface area contributed by atoms with Crippen molar-refractivity contribution in [3.05, 3.63) is 58.1 Å². The molecule has 2 aromatic rings. The second-order valence-corrected chi connectivity index (χ2v) is 8.06. The average Bonchev–Trinajstić information content (AvgIpc) is 2.57. The maximum atomic E-state index is 12.3. The quantitative estimate of drug-likeness (QED) is 0.707. The SMILES string of the molecule is Cc1ccc(NC(=O)CSC(C)C(=O)Nc2ccc(Br)cc2C)cc1.